The molecule has 1 heterocycles. The predicted molar refractivity (Wildman–Crippen MR) is 51.1 cm³/mol. The lowest BCUT2D eigenvalue weighted by Gasteiger charge is -2.31. The molecule has 72 valence electrons. The second-order valence-electron chi connectivity index (χ2n) is 3.48. The summed E-state index contributed by atoms with van der Waals surface area (Å²) in [5, 5.41) is 0.426. The van der Waals surface area contributed by atoms with E-state index in [1.165, 1.54) is 19.3 Å². The smallest absolute Gasteiger partial charge is 0.193 e. The minimum absolute atomic E-state index is 0.126. The summed E-state index contributed by atoms with van der Waals surface area (Å²) in [6, 6.07) is 3.76. The number of halogens is 1. The molecule has 0 bridgehead atoms. The van der Waals surface area contributed by atoms with Crippen LogP contribution in [0.25, 0.3) is 0 Å². The molecule has 4 heteroatoms. The Morgan fingerprint density at radius 2 is 2.31 bits per heavy atom. The van der Waals surface area contributed by atoms with Gasteiger partial charge in [-0.25, -0.2) is 5.43 Å². The zero-order valence-corrected chi connectivity index (χ0v) is 8.05. The van der Waals surface area contributed by atoms with Gasteiger partial charge < -0.3 is 4.42 Å². The molecule has 13 heavy (non-hydrogen) atoms. The van der Waals surface area contributed by atoms with Crippen molar-refractivity contribution < 1.29 is 4.42 Å². The topological polar surface area (TPSA) is 51.2 Å². The SMILES string of the molecule is NNC(c1ccc(Cl)o1)C1CCC1. The van der Waals surface area contributed by atoms with E-state index in [1.807, 2.05) is 6.07 Å². The molecular weight excluding hydrogens is 188 g/mol. The average Bonchev–Trinajstić information content (AvgIpc) is 2.43. The zero-order chi connectivity index (χ0) is 9.26. The van der Waals surface area contributed by atoms with Crippen molar-refractivity contribution in [2.24, 2.45) is 11.8 Å². The van der Waals surface area contributed by atoms with Gasteiger partial charge in [0.05, 0.1) is 6.04 Å². The van der Waals surface area contributed by atoms with Gasteiger partial charge in [0.15, 0.2) is 5.22 Å². The molecule has 3 N–H and O–H groups in total. The highest BCUT2D eigenvalue weighted by Gasteiger charge is 2.29. The van der Waals surface area contributed by atoms with Crippen LogP contribution in [0.15, 0.2) is 16.5 Å². The van der Waals surface area contributed by atoms with Gasteiger partial charge in [0, 0.05) is 0 Å². The first kappa shape index (κ1) is 9.06. The minimum Gasteiger partial charge on any atom is -0.448 e. The first-order valence-electron chi connectivity index (χ1n) is 4.52. The van der Waals surface area contributed by atoms with Gasteiger partial charge in [0.25, 0.3) is 0 Å². The lowest BCUT2D eigenvalue weighted by Crippen LogP contribution is -2.36. The summed E-state index contributed by atoms with van der Waals surface area (Å²) in [7, 11) is 0. The van der Waals surface area contributed by atoms with E-state index in [4.69, 9.17) is 21.9 Å². The van der Waals surface area contributed by atoms with Gasteiger partial charge in [-0.1, -0.05) is 6.42 Å². The molecule has 0 saturated heterocycles. The van der Waals surface area contributed by atoms with E-state index in [2.05, 4.69) is 5.43 Å². The second-order valence-corrected chi connectivity index (χ2v) is 3.85. The summed E-state index contributed by atoms with van der Waals surface area (Å²) in [5.41, 5.74) is 2.78. The highest BCUT2D eigenvalue weighted by atomic mass is 35.5. The summed E-state index contributed by atoms with van der Waals surface area (Å²) >= 11 is 5.69. The Morgan fingerprint density at radius 3 is 2.69 bits per heavy atom. The number of hydrogen-bond acceptors (Lipinski definition) is 3. The molecule has 1 aliphatic carbocycles. The van der Waals surface area contributed by atoms with Crippen molar-refractivity contribution in [3.8, 4) is 0 Å². The summed E-state index contributed by atoms with van der Waals surface area (Å²) in [6.07, 6.45) is 3.72. The van der Waals surface area contributed by atoms with Gasteiger partial charge in [0.1, 0.15) is 5.76 Å². The van der Waals surface area contributed by atoms with E-state index in [1.54, 1.807) is 6.07 Å². The maximum absolute atomic E-state index is 5.69. The summed E-state index contributed by atoms with van der Waals surface area (Å²) in [4.78, 5) is 0. The van der Waals surface area contributed by atoms with Gasteiger partial charge in [0.2, 0.25) is 0 Å². The monoisotopic (exact) mass is 200 g/mol. The number of hydrazine groups is 1. The summed E-state index contributed by atoms with van der Waals surface area (Å²) < 4.78 is 5.32. The number of nitrogens with one attached hydrogen (secondary N) is 1. The van der Waals surface area contributed by atoms with Gasteiger partial charge in [-0.2, -0.15) is 0 Å². The van der Waals surface area contributed by atoms with Gasteiger partial charge in [-0.3, -0.25) is 5.84 Å². The molecule has 1 unspecified atom stereocenters. The third-order valence-electron chi connectivity index (χ3n) is 2.70. The fourth-order valence-corrected chi connectivity index (χ4v) is 1.87. The fourth-order valence-electron chi connectivity index (χ4n) is 1.72. The molecule has 0 aliphatic heterocycles. The second kappa shape index (κ2) is 3.70. The maximum Gasteiger partial charge on any atom is 0.193 e. The minimum atomic E-state index is 0.126. The molecule has 3 nitrogen and oxygen atoms in total. The van der Waals surface area contributed by atoms with Crippen molar-refractivity contribution in [3.05, 3.63) is 23.1 Å². The normalized spacial score (nSPS) is 19.8. The van der Waals surface area contributed by atoms with Crippen LogP contribution in [0.1, 0.15) is 31.1 Å². The fraction of sp³-hybridized carbons (Fsp3) is 0.556. The van der Waals surface area contributed by atoms with Crippen molar-refractivity contribution in [2.75, 3.05) is 0 Å². The van der Waals surface area contributed by atoms with Gasteiger partial charge >= 0.3 is 0 Å². The quantitative estimate of drug-likeness (QED) is 0.581. The molecule has 0 amide bonds. The van der Waals surface area contributed by atoms with Crippen LogP contribution in [-0.4, -0.2) is 0 Å². The number of nitrogens with two attached hydrogens (primary N) is 1. The molecular formula is C9H13ClN2O. The molecule has 1 atom stereocenters. The van der Waals surface area contributed by atoms with Crippen molar-refractivity contribution in [1.29, 1.82) is 0 Å². The maximum atomic E-state index is 5.69. The van der Waals surface area contributed by atoms with E-state index in [9.17, 15) is 0 Å². The molecule has 1 fully saturated rings. The largest absolute Gasteiger partial charge is 0.448 e. The Hall–Kier alpha value is -0.510. The van der Waals surface area contributed by atoms with Crippen LogP contribution in [0, 0.1) is 5.92 Å². The highest BCUT2D eigenvalue weighted by molar-refractivity contribution is 6.28. The molecule has 0 radical (unpaired) electrons. The van der Waals surface area contributed by atoms with Crippen molar-refractivity contribution >= 4 is 11.6 Å². The van der Waals surface area contributed by atoms with E-state index < -0.39 is 0 Å². The van der Waals surface area contributed by atoms with Crippen molar-refractivity contribution in [3.63, 3.8) is 0 Å². The van der Waals surface area contributed by atoms with Crippen molar-refractivity contribution in [2.45, 2.75) is 25.3 Å². The van der Waals surface area contributed by atoms with Crippen LogP contribution < -0.4 is 11.3 Å². The Labute approximate surface area is 82.2 Å². The Bertz CT molecular complexity index is 283. The molecule has 1 saturated carbocycles. The van der Waals surface area contributed by atoms with E-state index in [-0.39, 0.29) is 6.04 Å². The lowest BCUT2D eigenvalue weighted by molar-refractivity contribution is 0.209. The molecule has 2 rings (SSSR count). The van der Waals surface area contributed by atoms with Crippen LogP contribution >= 0.6 is 11.6 Å². The third kappa shape index (κ3) is 1.73. The van der Waals surface area contributed by atoms with Crippen LogP contribution in [0.4, 0.5) is 0 Å². The molecule has 1 aromatic rings. The molecule has 1 aromatic heterocycles. The number of furan rings is 1. The van der Waals surface area contributed by atoms with E-state index >= 15 is 0 Å². The van der Waals surface area contributed by atoms with Crippen molar-refractivity contribution in [1.82, 2.24) is 5.43 Å². The number of hydrogen-bond donors (Lipinski definition) is 2. The van der Waals surface area contributed by atoms with Gasteiger partial charge in [-0.15, -0.1) is 0 Å². The summed E-state index contributed by atoms with van der Waals surface area (Å²) in [5.74, 6) is 6.92. The molecule has 0 spiro atoms. The van der Waals surface area contributed by atoms with Gasteiger partial charge in [-0.05, 0) is 42.5 Å². The highest BCUT2D eigenvalue weighted by Crippen LogP contribution is 2.38. The Balaban J connectivity index is 2.11. The first-order valence-corrected chi connectivity index (χ1v) is 4.90. The standard InChI is InChI=1S/C9H13ClN2O/c10-8-5-4-7(13-8)9(12-11)6-2-1-3-6/h4-6,9,12H,1-3,11H2. The third-order valence-corrected chi connectivity index (χ3v) is 2.90. The van der Waals surface area contributed by atoms with Crippen LogP contribution in [-0.2, 0) is 0 Å². The summed E-state index contributed by atoms with van der Waals surface area (Å²) in [6.45, 7) is 0. The van der Waals surface area contributed by atoms with Crippen LogP contribution in [0.3, 0.4) is 0 Å². The Morgan fingerprint density at radius 1 is 1.54 bits per heavy atom. The average molecular weight is 201 g/mol. The van der Waals surface area contributed by atoms with E-state index in [0.717, 1.165) is 5.76 Å². The molecule has 0 aromatic carbocycles. The predicted octanol–water partition coefficient (Wildman–Crippen LogP) is 2.24. The van der Waals surface area contributed by atoms with E-state index in [0.29, 0.717) is 11.1 Å². The van der Waals surface area contributed by atoms with Crippen LogP contribution in [0.2, 0.25) is 5.22 Å². The molecule has 1 aliphatic rings. The lowest BCUT2D eigenvalue weighted by atomic mass is 9.79. The zero-order valence-electron chi connectivity index (χ0n) is 7.29. The number of rotatable bonds is 3. The Kier molecular flexibility index (Phi) is 2.58. The first-order chi connectivity index (χ1) is 6.31. The van der Waals surface area contributed by atoms with Crippen LogP contribution in [0.5, 0.6) is 0 Å².